The van der Waals surface area contributed by atoms with Crippen molar-refractivity contribution >= 4 is 18.0 Å². The maximum absolute atomic E-state index is 12.8. The number of methoxy groups -OCH3 is 3. The van der Waals surface area contributed by atoms with E-state index in [9.17, 15) is 31.9 Å². The normalized spacial score (nSPS) is 26.5. The van der Waals surface area contributed by atoms with Gasteiger partial charge in [0.25, 0.3) is 12.9 Å². The van der Waals surface area contributed by atoms with Crippen molar-refractivity contribution in [1.82, 2.24) is 10.2 Å². The molecule has 1 N–H and O–H groups in total. The first-order valence-corrected chi connectivity index (χ1v) is 9.46. The Bertz CT molecular complexity index is 581. The van der Waals surface area contributed by atoms with E-state index in [0.717, 1.165) is 12.0 Å². The highest BCUT2D eigenvalue weighted by molar-refractivity contribution is 5.74. The lowest BCUT2D eigenvalue weighted by atomic mass is 9.91. The maximum atomic E-state index is 12.8. The van der Waals surface area contributed by atoms with Crippen molar-refractivity contribution in [1.29, 1.82) is 0 Å². The lowest BCUT2D eigenvalue weighted by Gasteiger charge is -2.36. The number of esters is 2. The number of hydrogen-bond donors (Lipinski definition) is 1. The molecule has 2 aliphatic rings. The Hall–Kier alpha value is -2.11. The highest BCUT2D eigenvalue weighted by Crippen LogP contribution is 2.28. The van der Waals surface area contributed by atoms with E-state index in [2.05, 4.69) is 19.5 Å². The van der Waals surface area contributed by atoms with Crippen LogP contribution < -0.4 is 5.32 Å². The van der Waals surface area contributed by atoms with Crippen LogP contribution in [0.1, 0.15) is 25.7 Å². The zero-order valence-corrected chi connectivity index (χ0v) is 17.1. The van der Waals surface area contributed by atoms with Crippen LogP contribution >= 0.6 is 0 Å². The van der Waals surface area contributed by atoms with Crippen LogP contribution in [0.15, 0.2) is 0 Å². The predicted molar refractivity (Wildman–Crippen MR) is 96.2 cm³/mol. The second kappa shape index (κ2) is 12.6. The van der Waals surface area contributed by atoms with Crippen LogP contribution in [-0.4, -0.2) is 82.3 Å². The number of rotatable bonds is 4. The zero-order chi connectivity index (χ0) is 22.8. The van der Waals surface area contributed by atoms with Crippen molar-refractivity contribution in [2.45, 2.75) is 50.6 Å². The molecular weight excluding hydrogens is 416 g/mol. The summed E-state index contributed by atoms with van der Waals surface area (Å²) >= 11 is 0. The van der Waals surface area contributed by atoms with Gasteiger partial charge < -0.3 is 19.5 Å². The molecule has 2 saturated heterocycles. The molecule has 12 heteroatoms. The standard InChI is InChI=1S/C10H15F2NO4.C8H13F2NO2/c1-16-9(14)6-3-4-13(10(15)17-2)7(5-6)8(11)12;1-13-8(12)5-2-3-11-6(4-5)7(9)10/h6-8H,3-5H2,1-2H3;5-7,11H,2-4H2,1H3. The van der Waals surface area contributed by atoms with E-state index in [1.54, 1.807) is 0 Å². The minimum Gasteiger partial charge on any atom is -0.469 e. The Kier molecular flexibility index (Phi) is 10.8. The lowest BCUT2D eigenvalue weighted by Crippen LogP contribution is -2.50. The Morgan fingerprint density at radius 2 is 1.43 bits per heavy atom. The molecule has 0 aromatic heterocycles. The molecule has 2 aliphatic heterocycles. The molecule has 0 spiro atoms. The van der Waals surface area contributed by atoms with Crippen molar-refractivity contribution in [3.63, 3.8) is 0 Å². The molecular formula is C18H28F4N2O6. The molecule has 1 amide bonds. The average Bonchev–Trinajstić information content (AvgIpc) is 2.77. The third kappa shape index (κ3) is 7.29. The minimum atomic E-state index is -2.71. The van der Waals surface area contributed by atoms with E-state index in [0.29, 0.717) is 19.4 Å². The first-order chi connectivity index (χ1) is 14.2. The van der Waals surface area contributed by atoms with Gasteiger partial charge in [-0.25, -0.2) is 22.4 Å². The van der Waals surface area contributed by atoms with Crippen LogP contribution in [0.3, 0.4) is 0 Å². The molecule has 0 saturated carbocycles. The van der Waals surface area contributed by atoms with E-state index >= 15 is 0 Å². The summed E-state index contributed by atoms with van der Waals surface area (Å²) in [7, 11) is 3.63. The highest BCUT2D eigenvalue weighted by atomic mass is 19.3. The first-order valence-electron chi connectivity index (χ1n) is 9.46. The van der Waals surface area contributed by atoms with Gasteiger partial charge in [-0.2, -0.15) is 0 Å². The van der Waals surface area contributed by atoms with E-state index in [1.807, 2.05) is 0 Å². The number of carbonyl (C=O) groups is 3. The van der Waals surface area contributed by atoms with Crippen LogP contribution in [0.4, 0.5) is 22.4 Å². The van der Waals surface area contributed by atoms with E-state index in [1.165, 1.54) is 14.2 Å². The third-order valence-electron chi connectivity index (χ3n) is 5.16. The molecule has 0 radical (unpaired) electrons. The maximum Gasteiger partial charge on any atom is 0.409 e. The number of piperidine rings is 2. The minimum absolute atomic E-state index is 0.0709. The molecule has 30 heavy (non-hydrogen) atoms. The van der Waals surface area contributed by atoms with Gasteiger partial charge in [-0.3, -0.25) is 14.5 Å². The van der Waals surface area contributed by atoms with Crippen molar-refractivity contribution in [2.24, 2.45) is 11.8 Å². The summed E-state index contributed by atoms with van der Waals surface area (Å²) in [6.45, 7) is 0.524. The van der Waals surface area contributed by atoms with Gasteiger partial charge in [0.2, 0.25) is 0 Å². The topological polar surface area (TPSA) is 94.2 Å². The molecule has 174 valence electrons. The monoisotopic (exact) mass is 444 g/mol. The van der Waals surface area contributed by atoms with Gasteiger partial charge in [0.05, 0.1) is 45.2 Å². The summed E-state index contributed by atoms with van der Waals surface area (Å²) in [5.74, 6) is -1.85. The van der Waals surface area contributed by atoms with E-state index in [4.69, 9.17) is 0 Å². The fraction of sp³-hybridized carbons (Fsp3) is 0.833. The summed E-state index contributed by atoms with van der Waals surface area (Å²) < 4.78 is 63.6. The number of amides is 1. The number of carbonyl (C=O) groups excluding carboxylic acids is 3. The predicted octanol–water partition coefficient (Wildman–Crippen LogP) is 2.06. The number of likely N-dealkylation sites (tertiary alicyclic amines) is 1. The van der Waals surface area contributed by atoms with Gasteiger partial charge in [0, 0.05) is 6.54 Å². The number of alkyl halides is 4. The summed E-state index contributed by atoms with van der Waals surface area (Å²) in [6.07, 6.45) is -4.95. The number of nitrogens with one attached hydrogen (secondary N) is 1. The van der Waals surface area contributed by atoms with Crippen LogP contribution in [0.25, 0.3) is 0 Å². The molecule has 2 rings (SSSR count). The molecule has 0 aliphatic carbocycles. The molecule has 4 unspecified atom stereocenters. The fourth-order valence-corrected chi connectivity index (χ4v) is 3.48. The van der Waals surface area contributed by atoms with Gasteiger partial charge in [0.1, 0.15) is 0 Å². The molecule has 0 bridgehead atoms. The van der Waals surface area contributed by atoms with Gasteiger partial charge in [-0.1, -0.05) is 0 Å². The quantitative estimate of drug-likeness (QED) is 0.403. The average molecular weight is 444 g/mol. The first kappa shape index (κ1) is 25.9. The molecule has 0 aromatic carbocycles. The van der Waals surface area contributed by atoms with Gasteiger partial charge in [-0.15, -0.1) is 0 Å². The number of halogens is 4. The number of nitrogens with zero attached hydrogens (tertiary/aromatic N) is 1. The van der Waals surface area contributed by atoms with Gasteiger partial charge >= 0.3 is 18.0 Å². The van der Waals surface area contributed by atoms with Crippen LogP contribution in [-0.2, 0) is 23.8 Å². The van der Waals surface area contributed by atoms with Crippen LogP contribution in [0.2, 0.25) is 0 Å². The van der Waals surface area contributed by atoms with Gasteiger partial charge in [0.15, 0.2) is 0 Å². The van der Waals surface area contributed by atoms with Crippen molar-refractivity contribution < 1.29 is 46.2 Å². The third-order valence-corrected chi connectivity index (χ3v) is 5.16. The summed E-state index contributed by atoms with van der Waals surface area (Å²) in [4.78, 5) is 34.6. The van der Waals surface area contributed by atoms with E-state index in [-0.39, 0.29) is 31.3 Å². The molecule has 2 heterocycles. The van der Waals surface area contributed by atoms with E-state index < -0.39 is 42.9 Å². The van der Waals surface area contributed by atoms with Crippen molar-refractivity contribution in [2.75, 3.05) is 34.4 Å². The smallest absolute Gasteiger partial charge is 0.409 e. The lowest BCUT2D eigenvalue weighted by molar-refractivity contribution is -0.149. The number of ether oxygens (including phenoxy) is 3. The molecule has 2 fully saturated rings. The Labute approximate surface area is 172 Å². The molecule has 4 atom stereocenters. The van der Waals surface area contributed by atoms with Crippen LogP contribution in [0, 0.1) is 11.8 Å². The van der Waals surface area contributed by atoms with Crippen molar-refractivity contribution in [3.05, 3.63) is 0 Å². The van der Waals surface area contributed by atoms with Crippen LogP contribution in [0.5, 0.6) is 0 Å². The summed E-state index contributed by atoms with van der Waals surface area (Å²) in [5.41, 5.74) is 0. The zero-order valence-electron chi connectivity index (χ0n) is 17.1. The molecule has 8 nitrogen and oxygen atoms in total. The van der Waals surface area contributed by atoms with Gasteiger partial charge in [-0.05, 0) is 32.2 Å². The van der Waals surface area contributed by atoms with Crippen molar-refractivity contribution in [3.8, 4) is 0 Å². The Morgan fingerprint density at radius 3 is 1.90 bits per heavy atom. The second-order valence-electron chi connectivity index (χ2n) is 6.95. The highest BCUT2D eigenvalue weighted by Gasteiger charge is 2.40. The SMILES string of the molecule is COC(=O)C1CCN(C(=O)OC)C(C(F)F)C1.COC(=O)C1CCNC(C(F)F)C1. The Morgan fingerprint density at radius 1 is 0.867 bits per heavy atom. The summed E-state index contributed by atoms with van der Waals surface area (Å²) in [5, 5.41) is 2.67. The summed E-state index contributed by atoms with van der Waals surface area (Å²) in [6, 6.07) is -2.15. The second-order valence-corrected chi connectivity index (χ2v) is 6.95. The molecule has 0 aromatic rings. The Balaban J connectivity index is 0.000000311. The fourth-order valence-electron chi connectivity index (χ4n) is 3.48. The largest absolute Gasteiger partial charge is 0.469 e. The number of hydrogen-bond acceptors (Lipinski definition) is 7.